The molecule has 1 heterocycles. The zero-order valence-electron chi connectivity index (χ0n) is 13.0. The molecule has 3 heteroatoms. The third-order valence-electron chi connectivity index (χ3n) is 3.49. The van der Waals surface area contributed by atoms with Gasteiger partial charge in [-0.25, -0.2) is 0 Å². The Hall–Kier alpha value is -0.0500. The second kappa shape index (κ2) is 7.66. The van der Waals surface area contributed by atoms with E-state index in [0.29, 0.717) is 5.41 Å². The summed E-state index contributed by atoms with van der Waals surface area (Å²) in [6.07, 6.45) is 3.61. The number of nitrogens with one attached hydrogen (secondary N) is 1. The molecule has 0 atom stereocenters. The molecule has 0 fully saturated rings. The average Bonchev–Trinajstić information content (AvgIpc) is 2.62. The predicted molar refractivity (Wildman–Crippen MR) is 88.5 cm³/mol. The molecule has 19 heavy (non-hydrogen) atoms. The molecule has 0 saturated carbocycles. The minimum atomic E-state index is 0.397. The van der Waals surface area contributed by atoms with Crippen molar-refractivity contribution in [2.45, 2.75) is 53.9 Å². The zero-order chi connectivity index (χ0) is 14.5. The summed E-state index contributed by atoms with van der Waals surface area (Å²) in [6, 6.07) is 2.24. The van der Waals surface area contributed by atoms with Gasteiger partial charge in [-0.3, -0.25) is 0 Å². The summed E-state index contributed by atoms with van der Waals surface area (Å²) in [5.41, 5.74) is 1.62. The second-order valence-electron chi connectivity index (χ2n) is 6.68. The molecule has 0 saturated heterocycles. The van der Waals surface area contributed by atoms with Crippen molar-refractivity contribution in [3.05, 3.63) is 20.8 Å². The van der Waals surface area contributed by atoms with E-state index in [1.165, 1.54) is 23.3 Å². The fraction of sp³-hybridized carbons (Fsp3) is 0.750. The maximum Gasteiger partial charge on any atom is 0.0960 e. The molecule has 1 aromatic rings. The van der Waals surface area contributed by atoms with Gasteiger partial charge >= 0.3 is 0 Å². The smallest absolute Gasteiger partial charge is 0.0960 e. The van der Waals surface area contributed by atoms with Crippen molar-refractivity contribution in [2.75, 3.05) is 13.1 Å². The molecule has 0 bridgehead atoms. The van der Waals surface area contributed by atoms with E-state index in [9.17, 15) is 0 Å². The molecule has 0 aromatic carbocycles. The molecule has 0 aliphatic carbocycles. The monoisotopic (exact) mass is 301 g/mol. The number of hydrogen-bond acceptors (Lipinski definition) is 2. The highest BCUT2D eigenvalue weighted by atomic mass is 35.5. The molecule has 0 unspecified atom stereocenters. The van der Waals surface area contributed by atoms with Crippen LogP contribution in [0.25, 0.3) is 0 Å². The van der Waals surface area contributed by atoms with Gasteiger partial charge in [0, 0.05) is 4.88 Å². The molecule has 1 nitrogen and oxygen atoms in total. The van der Waals surface area contributed by atoms with Gasteiger partial charge in [-0.15, -0.1) is 11.3 Å². The van der Waals surface area contributed by atoms with Crippen molar-refractivity contribution in [1.29, 1.82) is 0 Å². The SMILES string of the molecule is Cc1cc(CCC(C)(C)CCNCC(C)C)sc1Cl. The lowest BCUT2D eigenvalue weighted by atomic mass is 9.84. The van der Waals surface area contributed by atoms with Crippen LogP contribution in [0.4, 0.5) is 0 Å². The summed E-state index contributed by atoms with van der Waals surface area (Å²) < 4.78 is 0.950. The molecular weight excluding hydrogens is 274 g/mol. The largest absolute Gasteiger partial charge is 0.316 e. The van der Waals surface area contributed by atoms with Crippen molar-refractivity contribution >= 4 is 22.9 Å². The third kappa shape index (κ3) is 6.78. The Kier molecular flexibility index (Phi) is 6.85. The summed E-state index contributed by atoms with van der Waals surface area (Å²) >= 11 is 7.86. The van der Waals surface area contributed by atoms with Gasteiger partial charge in [-0.2, -0.15) is 0 Å². The van der Waals surface area contributed by atoms with Gasteiger partial charge < -0.3 is 5.32 Å². The molecule has 0 aliphatic rings. The normalized spacial score (nSPS) is 12.4. The predicted octanol–water partition coefficient (Wildman–Crippen LogP) is 5.30. The molecular formula is C16H28ClNS. The Morgan fingerprint density at radius 3 is 2.53 bits per heavy atom. The molecule has 0 spiro atoms. The van der Waals surface area contributed by atoms with Crippen LogP contribution in [0.15, 0.2) is 6.07 Å². The molecule has 1 N–H and O–H groups in total. The average molecular weight is 302 g/mol. The number of rotatable bonds is 8. The van der Waals surface area contributed by atoms with Crippen molar-refractivity contribution in [3.8, 4) is 0 Å². The summed E-state index contributed by atoms with van der Waals surface area (Å²) in [4.78, 5) is 1.42. The summed E-state index contributed by atoms with van der Waals surface area (Å²) in [6.45, 7) is 13.6. The van der Waals surface area contributed by atoms with Gasteiger partial charge in [0.2, 0.25) is 0 Å². The van der Waals surface area contributed by atoms with Gasteiger partial charge in [0.1, 0.15) is 0 Å². The number of aryl methyl sites for hydroxylation is 2. The lowest BCUT2D eigenvalue weighted by molar-refractivity contribution is 0.300. The van der Waals surface area contributed by atoms with Crippen LogP contribution in [0, 0.1) is 18.3 Å². The van der Waals surface area contributed by atoms with Gasteiger partial charge in [0.05, 0.1) is 4.34 Å². The topological polar surface area (TPSA) is 12.0 Å². The number of thiophene rings is 1. The van der Waals surface area contributed by atoms with Gasteiger partial charge in [0.15, 0.2) is 0 Å². The van der Waals surface area contributed by atoms with Crippen molar-refractivity contribution < 1.29 is 0 Å². The summed E-state index contributed by atoms with van der Waals surface area (Å²) in [5.74, 6) is 0.736. The first kappa shape index (κ1) is 17.0. The standard InChI is InChI=1S/C16H28ClNS/c1-12(2)11-18-9-8-16(4,5)7-6-14-10-13(3)15(17)19-14/h10,12,18H,6-9,11H2,1-5H3. The fourth-order valence-electron chi connectivity index (χ4n) is 2.05. The quantitative estimate of drug-likeness (QED) is 0.642. The van der Waals surface area contributed by atoms with E-state index >= 15 is 0 Å². The Bertz CT molecular complexity index is 363. The Balaban J connectivity index is 2.29. The Morgan fingerprint density at radius 2 is 2.00 bits per heavy atom. The van der Waals surface area contributed by atoms with Crippen LogP contribution >= 0.6 is 22.9 Å². The van der Waals surface area contributed by atoms with Crippen LogP contribution in [0.5, 0.6) is 0 Å². The van der Waals surface area contributed by atoms with E-state index in [4.69, 9.17) is 11.6 Å². The number of hydrogen-bond donors (Lipinski definition) is 1. The van der Waals surface area contributed by atoms with Gasteiger partial charge in [-0.1, -0.05) is 39.3 Å². The minimum Gasteiger partial charge on any atom is -0.316 e. The highest BCUT2D eigenvalue weighted by molar-refractivity contribution is 7.16. The first-order valence-electron chi connectivity index (χ1n) is 7.26. The van der Waals surface area contributed by atoms with Crippen molar-refractivity contribution in [3.63, 3.8) is 0 Å². The zero-order valence-corrected chi connectivity index (χ0v) is 14.5. The molecule has 1 aromatic heterocycles. The van der Waals surface area contributed by atoms with E-state index in [0.717, 1.165) is 29.8 Å². The summed E-state index contributed by atoms with van der Waals surface area (Å²) in [7, 11) is 0. The number of halogens is 1. The van der Waals surface area contributed by atoms with Crippen LogP contribution in [-0.2, 0) is 6.42 Å². The van der Waals surface area contributed by atoms with E-state index < -0.39 is 0 Å². The fourth-order valence-corrected chi connectivity index (χ4v) is 3.29. The van der Waals surface area contributed by atoms with Crippen LogP contribution in [-0.4, -0.2) is 13.1 Å². The molecule has 110 valence electrons. The molecule has 0 aliphatic heterocycles. The highest BCUT2D eigenvalue weighted by Gasteiger charge is 2.18. The van der Waals surface area contributed by atoms with Gasteiger partial charge in [0.25, 0.3) is 0 Å². The van der Waals surface area contributed by atoms with E-state index in [1.54, 1.807) is 11.3 Å². The van der Waals surface area contributed by atoms with Crippen LogP contribution in [0.2, 0.25) is 4.34 Å². The van der Waals surface area contributed by atoms with Crippen LogP contribution in [0.1, 0.15) is 51.0 Å². The first-order chi connectivity index (χ1) is 8.80. The summed E-state index contributed by atoms with van der Waals surface area (Å²) in [5, 5.41) is 3.53. The lowest BCUT2D eigenvalue weighted by Gasteiger charge is -2.24. The third-order valence-corrected chi connectivity index (χ3v) is 5.10. The molecule has 0 amide bonds. The maximum absolute atomic E-state index is 6.12. The van der Waals surface area contributed by atoms with E-state index in [1.807, 2.05) is 0 Å². The first-order valence-corrected chi connectivity index (χ1v) is 8.45. The van der Waals surface area contributed by atoms with Crippen molar-refractivity contribution in [1.82, 2.24) is 5.32 Å². The van der Waals surface area contributed by atoms with Crippen LogP contribution < -0.4 is 5.32 Å². The second-order valence-corrected chi connectivity index (χ2v) is 8.42. The minimum absolute atomic E-state index is 0.397. The van der Waals surface area contributed by atoms with Crippen molar-refractivity contribution in [2.24, 2.45) is 11.3 Å². The van der Waals surface area contributed by atoms with Crippen LogP contribution in [0.3, 0.4) is 0 Å². The molecule has 0 radical (unpaired) electrons. The molecule has 1 rings (SSSR count). The Labute approximate surface area is 127 Å². The highest BCUT2D eigenvalue weighted by Crippen LogP contribution is 2.32. The van der Waals surface area contributed by atoms with E-state index in [2.05, 4.69) is 46.0 Å². The Morgan fingerprint density at radius 1 is 1.32 bits per heavy atom. The van der Waals surface area contributed by atoms with Gasteiger partial charge in [-0.05, 0) is 62.2 Å². The van der Waals surface area contributed by atoms with E-state index in [-0.39, 0.29) is 0 Å². The maximum atomic E-state index is 6.12. The lowest BCUT2D eigenvalue weighted by Crippen LogP contribution is -2.25.